The molecule has 0 saturated carbocycles. The lowest BCUT2D eigenvalue weighted by atomic mass is 10.5. The average molecular weight is 181 g/mol. The van der Waals surface area contributed by atoms with Crippen LogP contribution in [0.15, 0.2) is 18.6 Å². The highest BCUT2D eigenvalue weighted by molar-refractivity contribution is 5.85. The molecule has 0 amide bonds. The van der Waals surface area contributed by atoms with E-state index in [0.717, 1.165) is 0 Å². The molecule has 0 aliphatic rings. The van der Waals surface area contributed by atoms with Gasteiger partial charge in [0.25, 0.3) is 0 Å². The van der Waals surface area contributed by atoms with E-state index in [1.54, 1.807) is 0 Å². The SMILES string of the molecule is Cl.Cl.O=Cc1cnccn1. The summed E-state index contributed by atoms with van der Waals surface area (Å²) in [6, 6.07) is 0. The van der Waals surface area contributed by atoms with Crippen LogP contribution in [0.1, 0.15) is 10.5 Å². The molecule has 0 radical (unpaired) electrons. The monoisotopic (exact) mass is 180 g/mol. The minimum Gasteiger partial charge on any atom is -0.296 e. The zero-order chi connectivity index (χ0) is 5.82. The first-order valence-electron chi connectivity index (χ1n) is 2.14. The fraction of sp³-hybridized carbons (Fsp3) is 0. The molecule has 56 valence electrons. The maximum atomic E-state index is 9.90. The molecule has 0 saturated heterocycles. The van der Waals surface area contributed by atoms with Gasteiger partial charge >= 0.3 is 0 Å². The molecule has 0 fully saturated rings. The third-order valence-electron chi connectivity index (χ3n) is 0.704. The zero-order valence-electron chi connectivity index (χ0n) is 4.93. The van der Waals surface area contributed by atoms with Gasteiger partial charge in [-0.2, -0.15) is 0 Å². The highest BCUT2D eigenvalue weighted by Gasteiger charge is 1.83. The average Bonchev–Trinajstić information content (AvgIpc) is 1.90. The molecule has 5 heteroatoms. The van der Waals surface area contributed by atoms with Gasteiger partial charge < -0.3 is 0 Å². The molecule has 1 rings (SSSR count). The standard InChI is InChI=1S/C5H4N2O.2ClH/c8-4-5-3-6-1-2-7-5;;/h1-4H;2*1H. The maximum Gasteiger partial charge on any atom is 0.170 e. The molecule has 1 heterocycles. The Bertz CT molecular complexity index is 180. The van der Waals surface area contributed by atoms with E-state index in [9.17, 15) is 4.79 Å². The van der Waals surface area contributed by atoms with Crippen LogP contribution >= 0.6 is 24.8 Å². The van der Waals surface area contributed by atoms with Gasteiger partial charge in [0.2, 0.25) is 0 Å². The van der Waals surface area contributed by atoms with E-state index in [4.69, 9.17) is 0 Å². The molecule has 1 aromatic heterocycles. The first-order valence-corrected chi connectivity index (χ1v) is 2.14. The van der Waals surface area contributed by atoms with Crippen LogP contribution in [0.3, 0.4) is 0 Å². The minimum atomic E-state index is 0. The van der Waals surface area contributed by atoms with Crippen molar-refractivity contribution in [1.29, 1.82) is 0 Å². The number of rotatable bonds is 1. The molecule has 0 aromatic carbocycles. The summed E-state index contributed by atoms with van der Waals surface area (Å²) in [6.45, 7) is 0. The molecule has 0 aliphatic heterocycles. The van der Waals surface area contributed by atoms with E-state index in [1.165, 1.54) is 18.6 Å². The molecule has 3 nitrogen and oxygen atoms in total. The molecular weight excluding hydrogens is 175 g/mol. The first kappa shape index (κ1) is 12.0. The number of carbonyl (C=O) groups is 1. The summed E-state index contributed by atoms with van der Waals surface area (Å²) >= 11 is 0. The third-order valence-corrected chi connectivity index (χ3v) is 0.704. The largest absolute Gasteiger partial charge is 0.296 e. The Morgan fingerprint density at radius 2 is 2.00 bits per heavy atom. The lowest BCUT2D eigenvalue weighted by Crippen LogP contribution is -1.84. The Labute approximate surface area is 70.7 Å². The summed E-state index contributed by atoms with van der Waals surface area (Å²) in [4.78, 5) is 17.2. The van der Waals surface area contributed by atoms with Crippen LogP contribution in [-0.2, 0) is 0 Å². The molecule has 0 spiro atoms. The summed E-state index contributed by atoms with van der Waals surface area (Å²) in [7, 11) is 0. The van der Waals surface area contributed by atoms with E-state index in [-0.39, 0.29) is 24.8 Å². The van der Waals surface area contributed by atoms with Crippen molar-refractivity contribution in [2.75, 3.05) is 0 Å². The number of carbonyl (C=O) groups excluding carboxylic acids is 1. The van der Waals surface area contributed by atoms with Crippen molar-refractivity contribution in [2.45, 2.75) is 0 Å². The molecule has 0 bridgehead atoms. The molecule has 10 heavy (non-hydrogen) atoms. The van der Waals surface area contributed by atoms with Gasteiger partial charge in [0.1, 0.15) is 5.69 Å². The van der Waals surface area contributed by atoms with E-state index in [2.05, 4.69) is 9.97 Å². The van der Waals surface area contributed by atoms with E-state index in [1.807, 2.05) is 0 Å². The highest BCUT2D eigenvalue weighted by atomic mass is 35.5. The summed E-state index contributed by atoms with van der Waals surface area (Å²) in [5.41, 5.74) is 0.368. The summed E-state index contributed by atoms with van der Waals surface area (Å²) < 4.78 is 0. The second-order valence-corrected chi connectivity index (χ2v) is 1.25. The minimum absolute atomic E-state index is 0. The molecule has 0 aliphatic carbocycles. The number of aldehydes is 1. The van der Waals surface area contributed by atoms with Gasteiger partial charge in [0.15, 0.2) is 6.29 Å². The van der Waals surface area contributed by atoms with E-state index >= 15 is 0 Å². The van der Waals surface area contributed by atoms with Crippen molar-refractivity contribution in [3.8, 4) is 0 Å². The third kappa shape index (κ3) is 3.37. The molecule has 0 unspecified atom stereocenters. The van der Waals surface area contributed by atoms with Crippen LogP contribution in [0.2, 0.25) is 0 Å². The molecule has 1 aromatic rings. The van der Waals surface area contributed by atoms with Gasteiger partial charge in [0.05, 0.1) is 6.20 Å². The Balaban J connectivity index is 0. The summed E-state index contributed by atoms with van der Waals surface area (Å²) in [6.07, 6.45) is 5.07. The van der Waals surface area contributed by atoms with Crippen molar-refractivity contribution >= 4 is 31.1 Å². The van der Waals surface area contributed by atoms with Crippen molar-refractivity contribution in [2.24, 2.45) is 0 Å². The maximum absolute atomic E-state index is 9.90. The van der Waals surface area contributed by atoms with Gasteiger partial charge in [-0.05, 0) is 0 Å². The number of nitrogens with zero attached hydrogens (tertiary/aromatic N) is 2. The predicted molar refractivity (Wildman–Crippen MR) is 41.9 cm³/mol. The smallest absolute Gasteiger partial charge is 0.170 e. The van der Waals surface area contributed by atoms with Gasteiger partial charge in [-0.15, -0.1) is 24.8 Å². The lowest BCUT2D eigenvalue weighted by molar-refractivity contribution is 0.111. The van der Waals surface area contributed by atoms with E-state index in [0.29, 0.717) is 12.0 Å². The van der Waals surface area contributed by atoms with Crippen molar-refractivity contribution in [1.82, 2.24) is 9.97 Å². The number of aromatic nitrogens is 2. The van der Waals surface area contributed by atoms with Crippen molar-refractivity contribution in [3.05, 3.63) is 24.3 Å². The highest BCUT2D eigenvalue weighted by Crippen LogP contribution is 1.80. The normalized spacial score (nSPS) is 6.80. The second kappa shape index (κ2) is 6.45. The Kier molecular flexibility index (Phi) is 7.77. The molecular formula is C5H6Cl2N2O. The number of hydrogen-bond acceptors (Lipinski definition) is 3. The first-order chi connectivity index (χ1) is 3.93. The van der Waals surface area contributed by atoms with Crippen LogP contribution in [-0.4, -0.2) is 16.3 Å². The predicted octanol–water partition coefficient (Wildman–Crippen LogP) is 1.13. The van der Waals surface area contributed by atoms with Crippen LogP contribution in [0, 0.1) is 0 Å². The lowest BCUT2D eigenvalue weighted by Gasteiger charge is -1.80. The van der Waals surface area contributed by atoms with Crippen molar-refractivity contribution < 1.29 is 4.79 Å². The quantitative estimate of drug-likeness (QED) is 0.610. The Hall–Kier alpha value is -0.670. The second-order valence-electron chi connectivity index (χ2n) is 1.25. The topological polar surface area (TPSA) is 42.9 Å². The van der Waals surface area contributed by atoms with Gasteiger partial charge in [-0.25, -0.2) is 0 Å². The van der Waals surface area contributed by atoms with Gasteiger partial charge in [-0.3, -0.25) is 14.8 Å². The van der Waals surface area contributed by atoms with Gasteiger partial charge in [0, 0.05) is 12.4 Å². The van der Waals surface area contributed by atoms with Crippen LogP contribution in [0.25, 0.3) is 0 Å². The molecule has 0 atom stereocenters. The molecule has 0 N–H and O–H groups in total. The van der Waals surface area contributed by atoms with Crippen molar-refractivity contribution in [3.63, 3.8) is 0 Å². The number of hydrogen-bond donors (Lipinski definition) is 0. The van der Waals surface area contributed by atoms with Gasteiger partial charge in [-0.1, -0.05) is 0 Å². The van der Waals surface area contributed by atoms with E-state index < -0.39 is 0 Å². The van der Waals surface area contributed by atoms with Crippen LogP contribution in [0.5, 0.6) is 0 Å². The Morgan fingerprint density at radius 1 is 1.30 bits per heavy atom. The summed E-state index contributed by atoms with van der Waals surface area (Å²) in [5.74, 6) is 0. The number of halogens is 2. The van der Waals surface area contributed by atoms with Crippen LogP contribution in [0.4, 0.5) is 0 Å². The van der Waals surface area contributed by atoms with Crippen LogP contribution < -0.4 is 0 Å². The summed E-state index contributed by atoms with van der Waals surface area (Å²) in [5, 5.41) is 0. The fourth-order valence-corrected chi connectivity index (χ4v) is 0.371. The zero-order valence-corrected chi connectivity index (χ0v) is 6.56. The Morgan fingerprint density at radius 3 is 2.30 bits per heavy atom. The fourth-order valence-electron chi connectivity index (χ4n) is 0.371.